The number of amides is 1. The van der Waals surface area contributed by atoms with Crippen molar-refractivity contribution in [3.05, 3.63) is 11.0 Å². The highest BCUT2D eigenvalue weighted by molar-refractivity contribution is 7.52. The summed E-state index contributed by atoms with van der Waals surface area (Å²) in [6.45, 7) is 0. The summed E-state index contributed by atoms with van der Waals surface area (Å²) in [6.07, 6.45) is 1.84. The van der Waals surface area contributed by atoms with Crippen LogP contribution < -0.4 is 0 Å². The van der Waals surface area contributed by atoms with Gasteiger partial charge in [0.05, 0.1) is 0 Å². The lowest BCUT2D eigenvalue weighted by atomic mass is 9.91. The van der Waals surface area contributed by atoms with E-state index in [4.69, 9.17) is 9.05 Å². The summed E-state index contributed by atoms with van der Waals surface area (Å²) in [5, 5.41) is 9.83. The van der Waals surface area contributed by atoms with Crippen molar-refractivity contribution in [1.82, 2.24) is 4.90 Å². The number of hydrogen-bond acceptors (Lipinski definition) is 4. The maximum absolute atomic E-state index is 11.5. The van der Waals surface area contributed by atoms with Crippen LogP contribution in [0.4, 0.5) is 0 Å². The Morgan fingerprint density at radius 3 is 2.59 bits per heavy atom. The first-order valence-corrected chi connectivity index (χ1v) is 6.44. The molecule has 2 rings (SSSR count). The molecule has 2 aliphatic heterocycles. The van der Waals surface area contributed by atoms with Crippen LogP contribution >= 0.6 is 8.38 Å². The summed E-state index contributed by atoms with van der Waals surface area (Å²) < 4.78 is 10.3. The van der Waals surface area contributed by atoms with Gasteiger partial charge in [-0.05, 0) is 12.8 Å². The molecule has 1 fully saturated rings. The molecule has 0 saturated carbocycles. The highest BCUT2D eigenvalue weighted by atomic mass is 31.2. The highest BCUT2D eigenvalue weighted by Gasteiger charge is 2.46. The summed E-state index contributed by atoms with van der Waals surface area (Å²) in [5.41, 5.74) is 0.0623. The number of carbonyl (C=O) groups excluding carboxylic acids is 1. The Morgan fingerprint density at radius 2 is 2.12 bits per heavy atom. The first kappa shape index (κ1) is 12.5. The van der Waals surface area contributed by atoms with E-state index in [-0.39, 0.29) is 17.6 Å². The van der Waals surface area contributed by atoms with E-state index in [0.29, 0.717) is 18.2 Å². The predicted octanol–water partition coefficient (Wildman–Crippen LogP) is 1.28. The van der Waals surface area contributed by atoms with Crippen molar-refractivity contribution in [2.75, 3.05) is 14.2 Å². The number of allylic oxidation sites excluding steroid dienone is 1. The summed E-state index contributed by atoms with van der Waals surface area (Å²) in [6, 6.07) is 0.0444. The number of carbonyl (C=O) groups is 2. The van der Waals surface area contributed by atoms with Crippen LogP contribution in [-0.2, 0) is 18.6 Å². The quantitative estimate of drug-likeness (QED) is 0.608. The van der Waals surface area contributed by atoms with Crippen LogP contribution in [0.25, 0.3) is 0 Å². The van der Waals surface area contributed by atoms with Crippen LogP contribution in [0.3, 0.4) is 0 Å². The minimum Gasteiger partial charge on any atom is -0.477 e. The van der Waals surface area contributed by atoms with Gasteiger partial charge in [0.1, 0.15) is 5.70 Å². The van der Waals surface area contributed by atoms with Gasteiger partial charge >= 0.3 is 5.97 Å². The molecule has 0 bridgehead atoms. The molecule has 0 aromatic rings. The van der Waals surface area contributed by atoms with Crippen molar-refractivity contribution in [1.29, 1.82) is 0 Å². The number of rotatable bonds is 4. The zero-order chi connectivity index (χ0) is 12.6. The van der Waals surface area contributed by atoms with Crippen molar-refractivity contribution in [2.45, 2.75) is 25.3 Å². The lowest BCUT2D eigenvalue weighted by Crippen LogP contribution is -2.55. The number of β-lactam (4-membered cyclic amide) rings is 1. The number of hydrogen-bond donors (Lipinski definition) is 1. The molecule has 0 aromatic carbocycles. The average molecular weight is 259 g/mol. The van der Waals surface area contributed by atoms with Gasteiger partial charge in [-0.15, -0.1) is 0 Å². The monoisotopic (exact) mass is 259 g/mol. The van der Waals surface area contributed by atoms with E-state index < -0.39 is 14.3 Å². The van der Waals surface area contributed by atoms with E-state index >= 15 is 0 Å². The molecule has 2 aliphatic rings. The molecule has 2 heterocycles. The minimum absolute atomic E-state index is 0.0444. The summed E-state index contributed by atoms with van der Waals surface area (Å²) in [4.78, 5) is 24.1. The number of carboxylic acids is 1. The lowest BCUT2D eigenvalue weighted by molar-refractivity contribution is -0.150. The fraction of sp³-hybridized carbons (Fsp3) is 0.600. The van der Waals surface area contributed by atoms with Crippen molar-refractivity contribution in [2.24, 2.45) is 0 Å². The third-order valence-electron chi connectivity index (χ3n) is 3.03. The molecule has 1 atom stereocenters. The van der Waals surface area contributed by atoms with E-state index in [0.717, 1.165) is 6.42 Å². The lowest BCUT2D eigenvalue weighted by Gasteiger charge is -2.45. The van der Waals surface area contributed by atoms with Crippen LogP contribution in [0.2, 0.25) is 0 Å². The van der Waals surface area contributed by atoms with E-state index in [2.05, 4.69) is 0 Å². The Hall–Kier alpha value is -0.970. The Labute approximate surface area is 100 Å². The smallest absolute Gasteiger partial charge is 0.353 e. The molecule has 0 aromatic heterocycles. The Bertz CT molecular complexity index is 390. The summed E-state index contributed by atoms with van der Waals surface area (Å²) in [5.74, 6) is -1.22. The second kappa shape index (κ2) is 4.72. The molecule has 0 aliphatic carbocycles. The second-order valence-electron chi connectivity index (χ2n) is 3.88. The Balaban J connectivity index is 2.39. The van der Waals surface area contributed by atoms with Gasteiger partial charge in [-0.3, -0.25) is 4.79 Å². The molecule has 0 spiro atoms. The summed E-state index contributed by atoms with van der Waals surface area (Å²) >= 11 is 0. The van der Waals surface area contributed by atoms with Crippen molar-refractivity contribution in [3.63, 3.8) is 0 Å². The molecular weight excluding hydrogens is 245 g/mol. The predicted molar refractivity (Wildman–Crippen MR) is 60.1 cm³/mol. The van der Waals surface area contributed by atoms with Crippen molar-refractivity contribution >= 4 is 20.3 Å². The molecule has 94 valence electrons. The number of nitrogens with zero attached hydrogens (tertiary/aromatic N) is 1. The van der Waals surface area contributed by atoms with Gasteiger partial charge in [-0.1, -0.05) is 0 Å². The maximum Gasteiger partial charge on any atom is 0.353 e. The second-order valence-corrected chi connectivity index (χ2v) is 5.67. The van der Waals surface area contributed by atoms with Crippen LogP contribution in [0.5, 0.6) is 0 Å². The first-order chi connectivity index (χ1) is 8.10. The van der Waals surface area contributed by atoms with Crippen LogP contribution in [0.1, 0.15) is 19.3 Å². The molecule has 7 heteroatoms. The van der Waals surface area contributed by atoms with Gasteiger partial charge in [0, 0.05) is 32.0 Å². The zero-order valence-electron chi connectivity index (χ0n) is 9.67. The molecule has 1 unspecified atom stereocenters. The topological polar surface area (TPSA) is 76.1 Å². The number of carboxylic acid groups (broad SMARTS) is 1. The first-order valence-electron chi connectivity index (χ1n) is 5.27. The Kier molecular flexibility index (Phi) is 3.47. The summed E-state index contributed by atoms with van der Waals surface area (Å²) in [7, 11) is 1.58. The third-order valence-corrected chi connectivity index (χ3v) is 4.57. The number of fused-ring (bicyclic) bond motifs is 1. The molecular formula is C10H14NO5P. The van der Waals surface area contributed by atoms with E-state index in [9.17, 15) is 14.7 Å². The van der Waals surface area contributed by atoms with E-state index in [1.165, 1.54) is 19.1 Å². The van der Waals surface area contributed by atoms with Gasteiger partial charge in [0.15, 0.2) is 0 Å². The average Bonchev–Trinajstić information content (AvgIpc) is 2.29. The van der Waals surface area contributed by atoms with Crippen molar-refractivity contribution < 1.29 is 23.7 Å². The third kappa shape index (κ3) is 1.97. The maximum atomic E-state index is 11.5. The fourth-order valence-corrected chi connectivity index (χ4v) is 3.56. The van der Waals surface area contributed by atoms with Gasteiger partial charge in [-0.2, -0.15) is 0 Å². The van der Waals surface area contributed by atoms with E-state index in [1.807, 2.05) is 0 Å². The Morgan fingerprint density at radius 1 is 1.47 bits per heavy atom. The normalized spacial score (nSPS) is 23.8. The van der Waals surface area contributed by atoms with Crippen LogP contribution in [0.15, 0.2) is 11.0 Å². The minimum atomic E-state index is -1.37. The van der Waals surface area contributed by atoms with Gasteiger partial charge in [0.25, 0.3) is 0 Å². The highest BCUT2D eigenvalue weighted by Crippen LogP contribution is 2.53. The van der Waals surface area contributed by atoms with Gasteiger partial charge in [0.2, 0.25) is 14.3 Å². The van der Waals surface area contributed by atoms with Crippen molar-refractivity contribution in [3.8, 4) is 0 Å². The molecule has 0 radical (unpaired) electrons. The molecule has 6 nitrogen and oxygen atoms in total. The van der Waals surface area contributed by atoms with E-state index in [1.54, 1.807) is 0 Å². The standard InChI is InChI=1S/C10H14NO5P/c1-15-17(16-2)7-4-3-6-5-8(12)11(6)9(7)10(13)14/h6H,3-5H2,1-2H3,(H,13,14). The molecule has 1 N–H and O–H groups in total. The molecule has 1 saturated heterocycles. The molecule has 1 amide bonds. The van der Waals surface area contributed by atoms with Crippen LogP contribution in [-0.4, -0.2) is 42.1 Å². The zero-order valence-corrected chi connectivity index (χ0v) is 10.6. The van der Waals surface area contributed by atoms with Gasteiger partial charge in [-0.25, -0.2) is 4.79 Å². The van der Waals surface area contributed by atoms with Gasteiger partial charge < -0.3 is 19.1 Å². The SMILES string of the molecule is COP(OC)C1=C(C(=O)O)N2C(=O)CC2CC1. The molecule has 17 heavy (non-hydrogen) atoms. The van der Waals surface area contributed by atoms with Crippen LogP contribution in [0, 0.1) is 0 Å². The fourth-order valence-electron chi connectivity index (χ4n) is 2.28. The number of aliphatic carboxylic acids is 1. The largest absolute Gasteiger partial charge is 0.477 e.